The number of fused-ring (bicyclic) bond motifs is 1. The van der Waals surface area contributed by atoms with Crippen LogP contribution in [0.3, 0.4) is 0 Å². The summed E-state index contributed by atoms with van der Waals surface area (Å²) in [5.41, 5.74) is 2.68. The Hall–Kier alpha value is -1.88. The van der Waals surface area contributed by atoms with Crippen molar-refractivity contribution in [2.75, 3.05) is 7.11 Å². The third-order valence-corrected chi connectivity index (χ3v) is 3.48. The highest BCUT2D eigenvalue weighted by atomic mass is 16.5. The maximum absolute atomic E-state index is 12.3. The Labute approximate surface area is 124 Å². The van der Waals surface area contributed by atoms with Gasteiger partial charge in [-0.1, -0.05) is 19.9 Å². The lowest BCUT2D eigenvalue weighted by atomic mass is 10.0. The fourth-order valence-electron chi connectivity index (χ4n) is 2.38. The highest BCUT2D eigenvalue weighted by molar-refractivity contribution is 5.97. The first-order valence-electron chi connectivity index (χ1n) is 7.09. The number of ether oxygens (including phenoxy) is 2. The quantitative estimate of drug-likeness (QED) is 0.843. The van der Waals surface area contributed by atoms with Crippen molar-refractivity contribution in [3.63, 3.8) is 0 Å². The van der Waals surface area contributed by atoms with Crippen LogP contribution in [0.25, 0.3) is 0 Å². The first kappa shape index (κ1) is 15.5. The van der Waals surface area contributed by atoms with E-state index in [1.807, 2.05) is 26.0 Å². The second-order valence-corrected chi connectivity index (χ2v) is 5.66. The van der Waals surface area contributed by atoms with E-state index in [0.717, 1.165) is 11.1 Å². The molecule has 0 fully saturated rings. The second kappa shape index (κ2) is 6.72. The van der Waals surface area contributed by atoms with Crippen molar-refractivity contribution >= 4 is 11.9 Å². The SMILES string of the molecule is COC(=O)[C@@H](CC(C)C)NC(=O)c1ccc2c(c1)COC2. The zero-order valence-electron chi connectivity index (χ0n) is 12.6. The van der Waals surface area contributed by atoms with Gasteiger partial charge in [0.1, 0.15) is 6.04 Å². The van der Waals surface area contributed by atoms with Crippen LogP contribution in [0.5, 0.6) is 0 Å². The molecule has 0 aromatic heterocycles. The molecule has 1 aromatic rings. The third-order valence-electron chi connectivity index (χ3n) is 3.48. The zero-order chi connectivity index (χ0) is 15.4. The normalized spacial score (nSPS) is 14.7. The summed E-state index contributed by atoms with van der Waals surface area (Å²) in [7, 11) is 1.33. The van der Waals surface area contributed by atoms with Gasteiger partial charge in [0.15, 0.2) is 0 Å². The number of carbonyl (C=O) groups is 2. The summed E-state index contributed by atoms with van der Waals surface area (Å²) < 4.78 is 10.1. The zero-order valence-corrected chi connectivity index (χ0v) is 12.6. The minimum absolute atomic E-state index is 0.263. The van der Waals surface area contributed by atoms with Crippen LogP contribution >= 0.6 is 0 Å². The highest BCUT2D eigenvalue weighted by Gasteiger charge is 2.23. The number of amides is 1. The molecule has 1 atom stereocenters. The Morgan fingerprint density at radius 3 is 2.67 bits per heavy atom. The van der Waals surface area contributed by atoms with Crippen LogP contribution in [0.4, 0.5) is 0 Å². The monoisotopic (exact) mass is 291 g/mol. The van der Waals surface area contributed by atoms with Gasteiger partial charge in [0, 0.05) is 5.56 Å². The van der Waals surface area contributed by atoms with Gasteiger partial charge in [-0.05, 0) is 35.6 Å². The highest BCUT2D eigenvalue weighted by Crippen LogP contribution is 2.21. The third kappa shape index (κ3) is 3.82. The summed E-state index contributed by atoms with van der Waals surface area (Å²) in [5, 5.41) is 2.75. The molecule has 1 aliphatic heterocycles. The Balaban J connectivity index is 2.09. The predicted octanol–water partition coefficient (Wildman–Crippen LogP) is 2.03. The van der Waals surface area contributed by atoms with Crippen LogP contribution in [0.1, 0.15) is 41.8 Å². The van der Waals surface area contributed by atoms with Crippen LogP contribution < -0.4 is 5.32 Å². The lowest BCUT2D eigenvalue weighted by Gasteiger charge is -2.18. The van der Waals surface area contributed by atoms with Crippen LogP contribution in [-0.2, 0) is 27.5 Å². The van der Waals surface area contributed by atoms with Crippen molar-refractivity contribution in [2.45, 2.75) is 39.5 Å². The van der Waals surface area contributed by atoms with E-state index in [-0.39, 0.29) is 11.8 Å². The van der Waals surface area contributed by atoms with E-state index in [9.17, 15) is 9.59 Å². The molecule has 1 heterocycles. The minimum Gasteiger partial charge on any atom is -0.467 e. The molecule has 0 radical (unpaired) electrons. The lowest BCUT2D eigenvalue weighted by Crippen LogP contribution is -2.42. The molecule has 114 valence electrons. The average molecular weight is 291 g/mol. The number of benzene rings is 1. The van der Waals surface area contributed by atoms with E-state index in [4.69, 9.17) is 9.47 Å². The smallest absolute Gasteiger partial charge is 0.328 e. The Morgan fingerprint density at radius 2 is 2.00 bits per heavy atom. The molecule has 0 aliphatic carbocycles. The number of hydrogen-bond donors (Lipinski definition) is 1. The van der Waals surface area contributed by atoms with Crippen LogP contribution in [-0.4, -0.2) is 25.0 Å². The van der Waals surface area contributed by atoms with Crippen molar-refractivity contribution < 1.29 is 19.1 Å². The summed E-state index contributed by atoms with van der Waals surface area (Å²) >= 11 is 0. The molecule has 2 rings (SSSR count). The maximum atomic E-state index is 12.3. The standard InChI is InChI=1S/C16H21NO4/c1-10(2)6-14(16(19)20-3)17-15(18)11-4-5-12-8-21-9-13(12)7-11/h4-5,7,10,14H,6,8-9H2,1-3H3,(H,17,18)/t14-/m1/s1. The Morgan fingerprint density at radius 1 is 1.29 bits per heavy atom. The fourth-order valence-corrected chi connectivity index (χ4v) is 2.38. The maximum Gasteiger partial charge on any atom is 0.328 e. The largest absolute Gasteiger partial charge is 0.467 e. The Kier molecular flexibility index (Phi) is 4.96. The van der Waals surface area contributed by atoms with E-state index in [0.29, 0.717) is 25.2 Å². The van der Waals surface area contributed by atoms with Crippen LogP contribution in [0.15, 0.2) is 18.2 Å². The summed E-state index contributed by atoms with van der Waals surface area (Å²) in [6, 6.07) is 4.85. The number of carbonyl (C=O) groups excluding carboxylic acids is 2. The van der Waals surface area contributed by atoms with Gasteiger partial charge in [-0.15, -0.1) is 0 Å². The molecule has 1 aromatic carbocycles. The van der Waals surface area contributed by atoms with Crippen molar-refractivity contribution in [3.8, 4) is 0 Å². The summed E-state index contributed by atoms with van der Waals surface area (Å²) in [4.78, 5) is 24.0. The molecular weight excluding hydrogens is 270 g/mol. The van der Waals surface area contributed by atoms with Gasteiger partial charge in [0.25, 0.3) is 5.91 Å². The molecule has 0 spiro atoms. The van der Waals surface area contributed by atoms with Gasteiger partial charge in [-0.2, -0.15) is 0 Å². The minimum atomic E-state index is -0.619. The summed E-state index contributed by atoms with van der Waals surface area (Å²) in [6.07, 6.45) is 0.548. The number of rotatable bonds is 5. The number of esters is 1. The number of hydrogen-bond acceptors (Lipinski definition) is 4. The van der Waals surface area contributed by atoms with Gasteiger partial charge in [0.05, 0.1) is 20.3 Å². The van der Waals surface area contributed by atoms with E-state index >= 15 is 0 Å². The van der Waals surface area contributed by atoms with Gasteiger partial charge in [-0.3, -0.25) is 4.79 Å². The van der Waals surface area contributed by atoms with Crippen molar-refractivity contribution in [1.82, 2.24) is 5.32 Å². The summed E-state index contributed by atoms with van der Waals surface area (Å²) in [5.74, 6) is -0.398. The van der Waals surface area contributed by atoms with Gasteiger partial charge >= 0.3 is 5.97 Å². The molecule has 0 saturated carbocycles. The van der Waals surface area contributed by atoms with Crippen LogP contribution in [0.2, 0.25) is 0 Å². The second-order valence-electron chi connectivity index (χ2n) is 5.66. The Bertz CT molecular complexity index is 539. The average Bonchev–Trinajstić information content (AvgIpc) is 2.92. The topological polar surface area (TPSA) is 64.6 Å². The van der Waals surface area contributed by atoms with Gasteiger partial charge < -0.3 is 14.8 Å². The predicted molar refractivity (Wildman–Crippen MR) is 77.7 cm³/mol. The molecule has 1 amide bonds. The van der Waals surface area contributed by atoms with E-state index < -0.39 is 12.0 Å². The lowest BCUT2D eigenvalue weighted by molar-refractivity contribution is -0.143. The van der Waals surface area contributed by atoms with Crippen LogP contribution in [0, 0.1) is 5.92 Å². The molecule has 0 unspecified atom stereocenters. The molecule has 21 heavy (non-hydrogen) atoms. The van der Waals surface area contributed by atoms with Crippen molar-refractivity contribution in [2.24, 2.45) is 5.92 Å². The van der Waals surface area contributed by atoms with Crippen molar-refractivity contribution in [3.05, 3.63) is 34.9 Å². The van der Waals surface area contributed by atoms with Crippen molar-refractivity contribution in [1.29, 1.82) is 0 Å². The molecule has 1 aliphatic rings. The van der Waals surface area contributed by atoms with Gasteiger partial charge in [0.2, 0.25) is 0 Å². The first-order valence-corrected chi connectivity index (χ1v) is 7.09. The first-order chi connectivity index (χ1) is 10.0. The summed E-state index contributed by atoms with van der Waals surface area (Å²) in [6.45, 7) is 5.11. The molecule has 5 nitrogen and oxygen atoms in total. The number of nitrogens with one attached hydrogen (secondary N) is 1. The molecular formula is C16H21NO4. The molecule has 1 N–H and O–H groups in total. The van der Waals surface area contributed by atoms with E-state index in [1.165, 1.54) is 7.11 Å². The molecule has 0 bridgehead atoms. The van der Waals surface area contributed by atoms with E-state index in [1.54, 1.807) is 6.07 Å². The molecule has 5 heteroatoms. The van der Waals surface area contributed by atoms with E-state index in [2.05, 4.69) is 5.32 Å². The number of methoxy groups -OCH3 is 1. The fraction of sp³-hybridized carbons (Fsp3) is 0.500. The molecule has 0 saturated heterocycles. The van der Waals surface area contributed by atoms with Gasteiger partial charge in [-0.25, -0.2) is 4.79 Å².